The smallest absolute Gasteiger partial charge is 0.303 e. The van der Waals surface area contributed by atoms with Crippen molar-refractivity contribution in [1.82, 2.24) is 0 Å². The minimum Gasteiger partial charge on any atom is -0.504 e. The Balaban J connectivity index is 2.61. The molecule has 0 heterocycles. The topological polar surface area (TPSA) is 94.8 Å². The summed E-state index contributed by atoms with van der Waals surface area (Å²) in [5.74, 6) is -1.83. The van der Waals surface area contributed by atoms with E-state index < -0.39 is 5.97 Å². The SMILES string of the molecule is O=C(O)CCC(=O)C=Cc1ccc(O)c(O)c1. The number of benzene rings is 1. The lowest BCUT2D eigenvalue weighted by Gasteiger charge is -1.98. The number of hydrogen-bond donors (Lipinski definition) is 3. The summed E-state index contributed by atoms with van der Waals surface area (Å²) in [6.07, 6.45) is 2.43. The zero-order valence-electron chi connectivity index (χ0n) is 8.96. The van der Waals surface area contributed by atoms with E-state index in [-0.39, 0.29) is 30.1 Å². The molecular formula is C12H12O5. The molecule has 5 heteroatoms. The summed E-state index contributed by atoms with van der Waals surface area (Å²) < 4.78 is 0. The number of hydrogen-bond acceptors (Lipinski definition) is 4. The minimum absolute atomic E-state index is 0.0596. The van der Waals surface area contributed by atoms with Crippen LogP contribution in [0.25, 0.3) is 6.08 Å². The monoisotopic (exact) mass is 236 g/mol. The molecule has 1 rings (SSSR count). The van der Waals surface area contributed by atoms with Gasteiger partial charge in [0.15, 0.2) is 17.3 Å². The van der Waals surface area contributed by atoms with Gasteiger partial charge in [0.1, 0.15) is 0 Å². The second-order valence-corrected chi connectivity index (χ2v) is 3.44. The van der Waals surface area contributed by atoms with Gasteiger partial charge in [-0.15, -0.1) is 0 Å². The van der Waals surface area contributed by atoms with Crippen molar-refractivity contribution in [2.24, 2.45) is 0 Å². The average Bonchev–Trinajstić information content (AvgIpc) is 2.28. The average molecular weight is 236 g/mol. The third kappa shape index (κ3) is 4.38. The predicted molar refractivity (Wildman–Crippen MR) is 60.7 cm³/mol. The van der Waals surface area contributed by atoms with Gasteiger partial charge in [-0.2, -0.15) is 0 Å². The number of aromatic hydroxyl groups is 2. The Morgan fingerprint density at radius 2 is 1.82 bits per heavy atom. The number of carbonyl (C=O) groups excluding carboxylic acids is 1. The normalized spacial score (nSPS) is 10.6. The van der Waals surface area contributed by atoms with Crippen LogP contribution >= 0.6 is 0 Å². The molecule has 0 aliphatic carbocycles. The van der Waals surface area contributed by atoms with Crippen LogP contribution in [0.15, 0.2) is 24.3 Å². The maximum Gasteiger partial charge on any atom is 0.303 e. The first-order valence-electron chi connectivity index (χ1n) is 4.93. The molecule has 3 N–H and O–H groups in total. The van der Waals surface area contributed by atoms with Gasteiger partial charge in [-0.05, 0) is 23.8 Å². The predicted octanol–water partition coefficient (Wildman–Crippen LogP) is 1.54. The van der Waals surface area contributed by atoms with E-state index in [1.54, 1.807) is 0 Å². The fourth-order valence-electron chi connectivity index (χ4n) is 1.15. The number of rotatable bonds is 5. The lowest BCUT2D eigenvalue weighted by Crippen LogP contribution is -1.99. The van der Waals surface area contributed by atoms with Gasteiger partial charge < -0.3 is 15.3 Å². The van der Waals surface area contributed by atoms with Crippen molar-refractivity contribution in [2.75, 3.05) is 0 Å². The quantitative estimate of drug-likeness (QED) is 0.532. The second kappa shape index (κ2) is 5.69. The minimum atomic E-state index is -1.02. The third-order valence-electron chi connectivity index (χ3n) is 2.05. The van der Waals surface area contributed by atoms with E-state index in [0.29, 0.717) is 5.56 Å². The van der Waals surface area contributed by atoms with E-state index in [0.717, 1.165) is 0 Å². The number of carboxylic acids is 1. The Hall–Kier alpha value is -2.30. The van der Waals surface area contributed by atoms with Crippen LogP contribution in [-0.4, -0.2) is 27.1 Å². The molecule has 0 aliphatic rings. The van der Waals surface area contributed by atoms with Crippen LogP contribution in [0.1, 0.15) is 18.4 Å². The van der Waals surface area contributed by atoms with Crippen molar-refractivity contribution in [1.29, 1.82) is 0 Å². The summed E-state index contributed by atoms with van der Waals surface area (Å²) in [5, 5.41) is 26.6. The Morgan fingerprint density at radius 3 is 2.41 bits per heavy atom. The van der Waals surface area contributed by atoms with Crippen LogP contribution in [0.4, 0.5) is 0 Å². The van der Waals surface area contributed by atoms with Gasteiger partial charge in [0.05, 0.1) is 6.42 Å². The van der Waals surface area contributed by atoms with Gasteiger partial charge >= 0.3 is 5.97 Å². The van der Waals surface area contributed by atoms with Crippen molar-refractivity contribution in [2.45, 2.75) is 12.8 Å². The first-order valence-corrected chi connectivity index (χ1v) is 4.93. The molecule has 5 nitrogen and oxygen atoms in total. The standard InChI is InChI=1S/C12H12O5/c13-9(4-6-12(16)17)3-1-8-2-5-10(14)11(15)7-8/h1-3,5,7,14-15H,4,6H2,(H,16,17). The van der Waals surface area contributed by atoms with E-state index in [1.807, 2.05) is 0 Å². The lowest BCUT2D eigenvalue weighted by molar-refractivity contribution is -0.138. The van der Waals surface area contributed by atoms with Crippen LogP contribution in [-0.2, 0) is 9.59 Å². The molecule has 0 aromatic heterocycles. The fourth-order valence-corrected chi connectivity index (χ4v) is 1.15. The Morgan fingerprint density at radius 1 is 1.12 bits per heavy atom. The van der Waals surface area contributed by atoms with Crippen molar-refractivity contribution in [3.8, 4) is 11.5 Å². The van der Waals surface area contributed by atoms with Gasteiger partial charge in [0.2, 0.25) is 0 Å². The van der Waals surface area contributed by atoms with Gasteiger partial charge in [0, 0.05) is 6.42 Å². The number of phenolic OH excluding ortho intramolecular Hbond substituents is 2. The van der Waals surface area contributed by atoms with E-state index in [1.165, 1.54) is 30.4 Å². The Bertz CT molecular complexity index is 462. The molecule has 0 fully saturated rings. The maximum absolute atomic E-state index is 11.2. The zero-order chi connectivity index (χ0) is 12.8. The molecule has 0 unspecified atom stereocenters. The van der Waals surface area contributed by atoms with E-state index in [9.17, 15) is 14.7 Å². The summed E-state index contributed by atoms with van der Waals surface area (Å²) in [5.41, 5.74) is 0.545. The molecule has 17 heavy (non-hydrogen) atoms. The van der Waals surface area contributed by atoms with Gasteiger partial charge in [-0.1, -0.05) is 12.1 Å². The van der Waals surface area contributed by atoms with E-state index in [2.05, 4.69) is 0 Å². The van der Waals surface area contributed by atoms with Crippen LogP contribution in [0.2, 0.25) is 0 Å². The summed E-state index contributed by atoms with van der Waals surface area (Å²) in [7, 11) is 0. The zero-order valence-corrected chi connectivity index (χ0v) is 8.96. The van der Waals surface area contributed by atoms with Crippen molar-refractivity contribution in [3.05, 3.63) is 29.8 Å². The lowest BCUT2D eigenvalue weighted by atomic mass is 10.1. The summed E-state index contributed by atoms with van der Waals surface area (Å²) >= 11 is 0. The van der Waals surface area contributed by atoms with E-state index in [4.69, 9.17) is 10.2 Å². The summed E-state index contributed by atoms with van der Waals surface area (Å²) in [6.45, 7) is 0. The van der Waals surface area contributed by atoms with Crippen molar-refractivity contribution in [3.63, 3.8) is 0 Å². The number of carbonyl (C=O) groups is 2. The van der Waals surface area contributed by atoms with Crippen LogP contribution in [0.3, 0.4) is 0 Å². The highest BCUT2D eigenvalue weighted by Crippen LogP contribution is 2.25. The van der Waals surface area contributed by atoms with E-state index >= 15 is 0 Å². The second-order valence-electron chi connectivity index (χ2n) is 3.44. The highest BCUT2D eigenvalue weighted by atomic mass is 16.4. The molecule has 0 saturated carbocycles. The molecule has 1 aromatic carbocycles. The van der Waals surface area contributed by atoms with Crippen molar-refractivity contribution < 1.29 is 24.9 Å². The number of phenols is 2. The first-order chi connectivity index (χ1) is 7.99. The highest BCUT2D eigenvalue weighted by molar-refractivity contribution is 5.95. The Kier molecular flexibility index (Phi) is 4.28. The fraction of sp³-hybridized carbons (Fsp3) is 0.167. The Labute approximate surface area is 97.6 Å². The molecule has 0 atom stereocenters. The molecular weight excluding hydrogens is 224 g/mol. The molecule has 0 aliphatic heterocycles. The molecule has 90 valence electrons. The number of carboxylic acid groups (broad SMARTS) is 1. The number of aliphatic carboxylic acids is 1. The largest absolute Gasteiger partial charge is 0.504 e. The van der Waals surface area contributed by atoms with Crippen LogP contribution in [0.5, 0.6) is 11.5 Å². The molecule has 0 radical (unpaired) electrons. The molecule has 0 bridgehead atoms. The molecule has 1 aromatic rings. The number of ketones is 1. The summed E-state index contributed by atoms with van der Waals surface area (Å²) in [6, 6.07) is 4.13. The molecule has 0 saturated heterocycles. The molecule has 0 amide bonds. The molecule has 0 spiro atoms. The number of allylic oxidation sites excluding steroid dienone is 1. The highest BCUT2D eigenvalue weighted by Gasteiger charge is 2.02. The van der Waals surface area contributed by atoms with Crippen molar-refractivity contribution >= 4 is 17.8 Å². The van der Waals surface area contributed by atoms with Crippen LogP contribution in [0, 0.1) is 0 Å². The maximum atomic E-state index is 11.2. The summed E-state index contributed by atoms with van der Waals surface area (Å²) in [4.78, 5) is 21.4. The third-order valence-corrected chi connectivity index (χ3v) is 2.05. The first kappa shape index (κ1) is 12.8. The van der Waals surface area contributed by atoms with Crippen LogP contribution < -0.4 is 0 Å². The van der Waals surface area contributed by atoms with Gasteiger partial charge in [0.25, 0.3) is 0 Å². The van der Waals surface area contributed by atoms with Gasteiger partial charge in [-0.25, -0.2) is 0 Å². The van der Waals surface area contributed by atoms with Gasteiger partial charge in [-0.3, -0.25) is 9.59 Å².